The largest absolute Gasteiger partial charge is 0.497 e. The van der Waals surface area contributed by atoms with E-state index >= 15 is 0 Å². The molecule has 0 saturated carbocycles. The molecule has 7 heteroatoms. The van der Waals surface area contributed by atoms with Gasteiger partial charge in [-0.15, -0.1) is 0 Å². The molecule has 0 radical (unpaired) electrons. The number of nitro groups is 1. The monoisotopic (exact) mass is 363 g/mol. The van der Waals surface area contributed by atoms with Crippen LogP contribution in [0, 0.1) is 17.0 Å². The fraction of sp³-hybridized carbons (Fsp3) is 0.333. The minimum absolute atomic E-state index is 0.159. The van der Waals surface area contributed by atoms with Crippen molar-refractivity contribution < 1.29 is 18.1 Å². The van der Waals surface area contributed by atoms with Gasteiger partial charge in [-0.05, 0) is 37.6 Å². The molecule has 134 valence electrons. The molecular formula is C18H21NO5S. The normalized spacial score (nSPS) is 12.6. The molecule has 0 aliphatic rings. The number of hydrogen-bond donors (Lipinski definition) is 0. The van der Waals surface area contributed by atoms with Crippen LogP contribution in [0.1, 0.15) is 36.1 Å². The summed E-state index contributed by atoms with van der Waals surface area (Å²) in [5.74, 6) is 0.390. The molecule has 0 spiro atoms. The van der Waals surface area contributed by atoms with E-state index in [4.69, 9.17) is 4.74 Å². The molecule has 2 aromatic rings. The van der Waals surface area contributed by atoms with Crippen molar-refractivity contribution in [1.82, 2.24) is 0 Å². The third kappa shape index (κ3) is 3.99. The topological polar surface area (TPSA) is 86.5 Å². The van der Waals surface area contributed by atoms with Crippen molar-refractivity contribution in [3.05, 3.63) is 63.7 Å². The van der Waals surface area contributed by atoms with Gasteiger partial charge in [-0.25, -0.2) is 8.42 Å². The van der Waals surface area contributed by atoms with Gasteiger partial charge in [-0.3, -0.25) is 10.1 Å². The molecule has 2 rings (SSSR count). The lowest BCUT2D eigenvalue weighted by Crippen LogP contribution is -2.15. The summed E-state index contributed by atoms with van der Waals surface area (Å²) in [6.07, 6.45) is 0.855. The Morgan fingerprint density at radius 2 is 1.80 bits per heavy atom. The fourth-order valence-electron chi connectivity index (χ4n) is 2.72. The molecule has 25 heavy (non-hydrogen) atoms. The third-order valence-corrected chi connectivity index (χ3v) is 6.22. The van der Waals surface area contributed by atoms with Gasteiger partial charge in [-0.1, -0.05) is 31.0 Å². The van der Waals surface area contributed by atoms with Crippen molar-refractivity contribution >= 4 is 15.5 Å². The number of nitrogens with zero attached hydrogens (tertiary/aromatic N) is 1. The third-order valence-electron chi connectivity index (χ3n) is 4.05. The van der Waals surface area contributed by atoms with Crippen LogP contribution in [0.4, 0.5) is 5.69 Å². The highest BCUT2D eigenvalue weighted by molar-refractivity contribution is 7.91. The summed E-state index contributed by atoms with van der Waals surface area (Å²) in [4.78, 5) is 11.0. The van der Waals surface area contributed by atoms with E-state index in [1.807, 2.05) is 13.8 Å². The van der Waals surface area contributed by atoms with Gasteiger partial charge in [0.1, 0.15) is 5.75 Å². The van der Waals surface area contributed by atoms with E-state index in [0.29, 0.717) is 12.2 Å². The van der Waals surface area contributed by atoms with Crippen LogP contribution in [0.15, 0.2) is 47.4 Å². The lowest BCUT2D eigenvalue weighted by molar-refractivity contribution is -0.385. The first kappa shape index (κ1) is 18.9. The van der Waals surface area contributed by atoms with Gasteiger partial charge >= 0.3 is 0 Å². The number of aryl methyl sites for hydroxylation is 1. The zero-order valence-corrected chi connectivity index (χ0v) is 15.2. The number of benzene rings is 2. The maximum Gasteiger partial charge on any atom is 0.274 e. The Balaban J connectivity index is 2.65. The van der Waals surface area contributed by atoms with E-state index < -0.39 is 20.0 Å². The highest BCUT2D eigenvalue weighted by Crippen LogP contribution is 2.39. The van der Waals surface area contributed by atoms with Crippen LogP contribution in [0.2, 0.25) is 0 Å². The minimum Gasteiger partial charge on any atom is -0.497 e. The van der Waals surface area contributed by atoms with Crippen LogP contribution in [0.5, 0.6) is 5.75 Å². The van der Waals surface area contributed by atoms with Crippen LogP contribution in [-0.4, -0.2) is 20.5 Å². The number of hydrogen-bond acceptors (Lipinski definition) is 5. The molecule has 6 nitrogen and oxygen atoms in total. The number of sulfone groups is 1. The summed E-state index contributed by atoms with van der Waals surface area (Å²) in [5.41, 5.74) is 0.889. The molecule has 0 unspecified atom stereocenters. The highest BCUT2D eigenvalue weighted by Gasteiger charge is 2.33. The van der Waals surface area contributed by atoms with E-state index in [1.54, 1.807) is 24.3 Å². The zero-order chi connectivity index (χ0) is 18.6. The Hall–Kier alpha value is -2.41. The standard InChI is InChI=1S/C18H21NO5S/c1-4-5-18(25(22,23)15-9-6-13(2)7-10-15)16-12-14(24-3)8-11-17(16)19(20)21/h6-12,18H,4-5H2,1-3H3/t18-/m1/s1. The Kier molecular flexibility index (Phi) is 5.79. The Bertz CT molecular complexity index is 860. The summed E-state index contributed by atoms with van der Waals surface area (Å²) < 4.78 is 31.4. The predicted octanol–water partition coefficient (Wildman–Crippen LogP) is 4.23. The van der Waals surface area contributed by atoms with E-state index in [-0.39, 0.29) is 22.6 Å². The molecule has 0 heterocycles. The SMILES string of the molecule is CCC[C@H](c1cc(OC)ccc1[N+](=O)[O-])S(=O)(=O)c1ccc(C)cc1. The van der Waals surface area contributed by atoms with Crippen LogP contribution >= 0.6 is 0 Å². The van der Waals surface area contributed by atoms with Gasteiger partial charge in [0, 0.05) is 6.07 Å². The van der Waals surface area contributed by atoms with Crippen LogP contribution in [0.25, 0.3) is 0 Å². The Morgan fingerprint density at radius 3 is 2.32 bits per heavy atom. The maximum absolute atomic E-state index is 13.1. The summed E-state index contributed by atoms with van der Waals surface area (Å²) in [6, 6.07) is 10.7. The molecular weight excluding hydrogens is 342 g/mol. The average Bonchev–Trinajstić information content (AvgIpc) is 2.59. The summed E-state index contributed by atoms with van der Waals surface area (Å²) >= 11 is 0. The Morgan fingerprint density at radius 1 is 1.16 bits per heavy atom. The van der Waals surface area contributed by atoms with Gasteiger partial charge in [0.2, 0.25) is 0 Å². The molecule has 0 saturated heterocycles. The first-order chi connectivity index (χ1) is 11.8. The fourth-order valence-corrected chi connectivity index (χ4v) is 4.63. The van der Waals surface area contributed by atoms with Crippen molar-refractivity contribution in [2.45, 2.75) is 36.8 Å². The average molecular weight is 363 g/mol. The van der Waals surface area contributed by atoms with Crippen molar-refractivity contribution in [2.24, 2.45) is 0 Å². The first-order valence-corrected chi connectivity index (χ1v) is 9.48. The van der Waals surface area contributed by atoms with Crippen LogP contribution < -0.4 is 4.74 Å². The molecule has 0 aromatic heterocycles. The lowest BCUT2D eigenvalue weighted by Gasteiger charge is -2.18. The zero-order valence-electron chi connectivity index (χ0n) is 14.4. The molecule has 2 aromatic carbocycles. The number of ether oxygens (including phenoxy) is 1. The second-order valence-corrected chi connectivity index (χ2v) is 7.95. The molecule has 0 N–H and O–H groups in total. The predicted molar refractivity (Wildman–Crippen MR) is 95.7 cm³/mol. The molecule has 0 aliphatic heterocycles. The highest BCUT2D eigenvalue weighted by atomic mass is 32.2. The second-order valence-electron chi connectivity index (χ2n) is 5.82. The molecule has 0 amide bonds. The summed E-state index contributed by atoms with van der Waals surface area (Å²) in [5, 5.41) is 10.4. The van der Waals surface area contributed by atoms with Gasteiger partial charge in [0.05, 0.1) is 27.7 Å². The Labute approximate surface area is 147 Å². The summed E-state index contributed by atoms with van der Waals surface area (Å²) in [6.45, 7) is 3.72. The number of methoxy groups -OCH3 is 1. The van der Waals surface area contributed by atoms with Gasteiger partial charge in [0.25, 0.3) is 5.69 Å². The van der Waals surface area contributed by atoms with Gasteiger partial charge < -0.3 is 4.74 Å². The minimum atomic E-state index is -3.77. The van der Waals surface area contributed by atoms with Crippen LogP contribution in [-0.2, 0) is 9.84 Å². The van der Waals surface area contributed by atoms with Gasteiger partial charge in [-0.2, -0.15) is 0 Å². The van der Waals surface area contributed by atoms with E-state index in [2.05, 4.69) is 0 Å². The maximum atomic E-state index is 13.1. The quantitative estimate of drug-likeness (QED) is 0.543. The van der Waals surface area contributed by atoms with Crippen molar-refractivity contribution in [3.63, 3.8) is 0 Å². The molecule has 1 atom stereocenters. The number of rotatable bonds is 7. The van der Waals surface area contributed by atoms with Crippen LogP contribution in [0.3, 0.4) is 0 Å². The molecule has 0 aliphatic carbocycles. The first-order valence-electron chi connectivity index (χ1n) is 7.94. The number of nitro benzene ring substituents is 1. The van der Waals surface area contributed by atoms with Crippen molar-refractivity contribution in [2.75, 3.05) is 7.11 Å². The van der Waals surface area contributed by atoms with E-state index in [9.17, 15) is 18.5 Å². The van der Waals surface area contributed by atoms with E-state index in [1.165, 1.54) is 25.3 Å². The van der Waals surface area contributed by atoms with Crippen molar-refractivity contribution in [3.8, 4) is 5.75 Å². The summed E-state index contributed by atoms with van der Waals surface area (Å²) in [7, 11) is -2.34. The lowest BCUT2D eigenvalue weighted by atomic mass is 10.1. The van der Waals surface area contributed by atoms with Gasteiger partial charge in [0.15, 0.2) is 9.84 Å². The molecule has 0 bridgehead atoms. The smallest absolute Gasteiger partial charge is 0.274 e. The van der Waals surface area contributed by atoms with Crippen molar-refractivity contribution in [1.29, 1.82) is 0 Å². The second kappa shape index (κ2) is 7.65. The van der Waals surface area contributed by atoms with E-state index in [0.717, 1.165) is 5.56 Å². The molecule has 0 fully saturated rings.